The number of hydrogen-bond acceptors (Lipinski definition) is 3. The minimum atomic E-state index is -0.983. The van der Waals surface area contributed by atoms with Crippen LogP contribution in [0.25, 0.3) is 0 Å². The number of aliphatic hydroxyl groups is 1. The molecule has 1 aromatic heterocycles. The van der Waals surface area contributed by atoms with E-state index in [2.05, 4.69) is 9.97 Å². The highest BCUT2D eigenvalue weighted by atomic mass is 19.1. The SMILES string of the molecule is OC(C1=CCC(F)C=C1N1CC=CC1)c1ncc[nH]1. The summed E-state index contributed by atoms with van der Waals surface area (Å²) in [4.78, 5) is 9.01. The van der Waals surface area contributed by atoms with Gasteiger partial charge in [0.2, 0.25) is 0 Å². The van der Waals surface area contributed by atoms with E-state index >= 15 is 0 Å². The molecule has 2 N–H and O–H groups in total. The Morgan fingerprint density at radius 3 is 2.89 bits per heavy atom. The van der Waals surface area contributed by atoms with Gasteiger partial charge in [-0.05, 0) is 6.08 Å². The molecule has 4 nitrogen and oxygen atoms in total. The summed E-state index contributed by atoms with van der Waals surface area (Å²) in [6.07, 6.45) is 9.19. The van der Waals surface area contributed by atoms with Crippen molar-refractivity contribution in [2.75, 3.05) is 13.1 Å². The number of nitrogens with zero attached hydrogens (tertiary/aromatic N) is 2. The summed E-state index contributed by atoms with van der Waals surface area (Å²) in [6.45, 7) is 1.50. The molecule has 1 aliphatic heterocycles. The van der Waals surface area contributed by atoms with E-state index in [-0.39, 0.29) is 0 Å². The van der Waals surface area contributed by atoms with Gasteiger partial charge in [-0.3, -0.25) is 0 Å². The smallest absolute Gasteiger partial charge is 0.139 e. The Morgan fingerprint density at radius 1 is 1.42 bits per heavy atom. The molecule has 0 amide bonds. The largest absolute Gasteiger partial charge is 0.380 e. The fraction of sp³-hybridized carbons (Fsp3) is 0.357. The molecular formula is C14H16FN3O. The Bertz CT molecular complexity index is 525. The Morgan fingerprint density at radius 2 is 2.21 bits per heavy atom. The van der Waals surface area contributed by atoms with Gasteiger partial charge in [0.05, 0.1) is 0 Å². The first-order chi connectivity index (χ1) is 9.25. The van der Waals surface area contributed by atoms with Gasteiger partial charge in [-0.1, -0.05) is 18.2 Å². The predicted molar refractivity (Wildman–Crippen MR) is 69.9 cm³/mol. The standard InChI is InChI=1S/C14H16FN3O/c15-10-3-4-11(13(19)14-16-5-6-17-14)12(9-10)18-7-1-2-8-18/h1-2,4-6,9-10,13,19H,3,7-8H2,(H,16,17). The van der Waals surface area contributed by atoms with Gasteiger partial charge in [0.1, 0.15) is 18.1 Å². The second kappa shape index (κ2) is 5.01. The van der Waals surface area contributed by atoms with Crippen molar-refractivity contribution < 1.29 is 9.50 Å². The summed E-state index contributed by atoms with van der Waals surface area (Å²) in [5.41, 5.74) is 1.50. The van der Waals surface area contributed by atoms with E-state index in [1.54, 1.807) is 24.5 Å². The zero-order chi connectivity index (χ0) is 13.2. The number of aliphatic hydroxyl groups excluding tert-OH is 1. The monoisotopic (exact) mass is 261 g/mol. The van der Waals surface area contributed by atoms with Gasteiger partial charge in [-0.25, -0.2) is 9.37 Å². The van der Waals surface area contributed by atoms with Crippen LogP contribution < -0.4 is 0 Å². The zero-order valence-electron chi connectivity index (χ0n) is 10.5. The fourth-order valence-corrected chi connectivity index (χ4v) is 2.47. The van der Waals surface area contributed by atoms with Crippen LogP contribution in [-0.2, 0) is 0 Å². The molecule has 1 aromatic rings. The lowest BCUT2D eigenvalue weighted by Crippen LogP contribution is -2.26. The first-order valence-electron chi connectivity index (χ1n) is 6.39. The maximum absolute atomic E-state index is 13.6. The van der Waals surface area contributed by atoms with Gasteiger partial charge >= 0.3 is 0 Å². The molecule has 2 aliphatic rings. The highest BCUT2D eigenvalue weighted by molar-refractivity contribution is 5.39. The van der Waals surface area contributed by atoms with Crippen LogP contribution in [0.2, 0.25) is 0 Å². The van der Waals surface area contributed by atoms with Crippen LogP contribution in [0.15, 0.2) is 48.0 Å². The van der Waals surface area contributed by atoms with Crippen LogP contribution in [0.4, 0.5) is 4.39 Å². The van der Waals surface area contributed by atoms with Crippen LogP contribution in [0.1, 0.15) is 18.3 Å². The molecule has 2 atom stereocenters. The second-order valence-corrected chi connectivity index (χ2v) is 4.72. The fourth-order valence-electron chi connectivity index (χ4n) is 2.47. The van der Waals surface area contributed by atoms with Crippen molar-refractivity contribution >= 4 is 0 Å². The zero-order valence-corrected chi connectivity index (χ0v) is 10.5. The van der Waals surface area contributed by atoms with Gasteiger partial charge < -0.3 is 15.0 Å². The van der Waals surface area contributed by atoms with E-state index in [0.717, 1.165) is 24.4 Å². The van der Waals surface area contributed by atoms with Gasteiger partial charge in [0.25, 0.3) is 0 Å². The second-order valence-electron chi connectivity index (χ2n) is 4.72. The molecule has 0 aromatic carbocycles. The lowest BCUT2D eigenvalue weighted by molar-refractivity contribution is 0.200. The summed E-state index contributed by atoms with van der Waals surface area (Å²) < 4.78 is 13.6. The molecular weight excluding hydrogens is 245 g/mol. The number of allylic oxidation sites excluding steroid dienone is 2. The average molecular weight is 261 g/mol. The first-order valence-corrected chi connectivity index (χ1v) is 6.39. The normalized spacial score (nSPS) is 24.3. The molecule has 0 bridgehead atoms. The Labute approximate surface area is 111 Å². The van der Waals surface area contributed by atoms with Gasteiger partial charge in [-0.2, -0.15) is 0 Å². The van der Waals surface area contributed by atoms with Crippen LogP contribution in [0, 0.1) is 0 Å². The lowest BCUT2D eigenvalue weighted by Gasteiger charge is -2.29. The summed E-state index contributed by atoms with van der Waals surface area (Å²) in [5, 5.41) is 10.4. The van der Waals surface area contributed by atoms with E-state index in [1.807, 2.05) is 17.1 Å². The number of H-pyrrole nitrogens is 1. The van der Waals surface area contributed by atoms with Crippen molar-refractivity contribution in [3.05, 3.63) is 53.8 Å². The van der Waals surface area contributed by atoms with Crippen LogP contribution in [0.5, 0.6) is 0 Å². The molecule has 1 aliphatic carbocycles. The third-order valence-corrected chi connectivity index (χ3v) is 3.43. The Kier molecular flexibility index (Phi) is 3.21. The van der Waals surface area contributed by atoms with Gasteiger partial charge in [-0.15, -0.1) is 0 Å². The molecule has 0 radical (unpaired) electrons. The number of rotatable bonds is 3. The average Bonchev–Trinajstić information content (AvgIpc) is 3.11. The van der Waals surface area contributed by atoms with Crippen LogP contribution in [-0.4, -0.2) is 39.2 Å². The van der Waals surface area contributed by atoms with Crippen molar-refractivity contribution in [1.82, 2.24) is 14.9 Å². The van der Waals surface area contributed by atoms with E-state index in [4.69, 9.17) is 0 Å². The van der Waals surface area contributed by atoms with Crippen molar-refractivity contribution in [1.29, 1.82) is 0 Å². The third kappa shape index (κ3) is 2.33. The number of aromatic amines is 1. The number of aromatic nitrogens is 2. The number of hydrogen-bond donors (Lipinski definition) is 2. The van der Waals surface area contributed by atoms with Crippen molar-refractivity contribution in [3.63, 3.8) is 0 Å². The molecule has 3 rings (SSSR count). The molecule has 2 unspecified atom stereocenters. The maximum atomic E-state index is 13.6. The summed E-state index contributed by atoms with van der Waals surface area (Å²) in [5.74, 6) is 0.488. The predicted octanol–water partition coefficient (Wildman–Crippen LogP) is 1.87. The summed E-state index contributed by atoms with van der Waals surface area (Å²) in [7, 11) is 0. The minimum absolute atomic E-state index is 0.303. The van der Waals surface area contributed by atoms with Crippen molar-refractivity contribution in [2.45, 2.75) is 18.7 Å². The first kappa shape index (κ1) is 12.2. The van der Waals surface area contributed by atoms with E-state index in [1.165, 1.54) is 0 Å². The molecule has 100 valence electrons. The van der Waals surface area contributed by atoms with E-state index < -0.39 is 12.3 Å². The lowest BCUT2D eigenvalue weighted by atomic mass is 9.96. The highest BCUT2D eigenvalue weighted by Crippen LogP contribution is 2.33. The molecule has 0 fully saturated rings. The Hall–Kier alpha value is -1.88. The highest BCUT2D eigenvalue weighted by Gasteiger charge is 2.27. The van der Waals surface area contributed by atoms with Crippen LogP contribution in [0.3, 0.4) is 0 Å². The van der Waals surface area contributed by atoms with E-state index in [9.17, 15) is 9.50 Å². The number of nitrogens with one attached hydrogen (secondary N) is 1. The van der Waals surface area contributed by atoms with Crippen molar-refractivity contribution in [3.8, 4) is 0 Å². The number of imidazole rings is 1. The molecule has 2 heterocycles. The number of halogens is 1. The summed E-state index contributed by atoms with van der Waals surface area (Å²) >= 11 is 0. The number of alkyl halides is 1. The third-order valence-electron chi connectivity index (χ3n) is 3.43. The van der Waals surface area contributed by atoms with Crippen LogP contribution >= 0.6 is 0 Å². The molecule has 19 heavy (non-hydrogen) atoms. The van der Waals surface area contributed by atoms with Gasteiger partial charge in [0.15, 0.2) is 0 Å². The summed E-state index contributed by atoms with van der Waals surface area (Å²) in [6, 6.07) is 0. The topological polar surface area (TPSA) is 52.1 Å². The van der Waals surface area contributed by atoms with E-state index in [0.29, 0.717) is 12.2 Å². The maximum Gasteiger partial charge on any atom is 0.139 e. The minimum Gasteiger partial charge on any atom is -0.380 e. The molecule has 0 saturated carbocycles. The Balaban J connectivity index is 1.88. The van der Waals surface area contributed by atoms with Crippen molar-refractivity contribution in [2.24, 2.45) is 0 Å². The quantitative estimate of drug-likeness (QED) is 0.817. The molecule has 0 spiro atoms. The molecule has 5 heteroatoms. The van der Waals surface area contributed by atoms with Gasteiger partial charge in [0, 0.05) is 43.2 Å². The molecule has 0 saturated heterocycles.